The Kier molecular flexibility index (Phi) is 14.5. The number of hydroxylamine groups is 2. The van der Waals surface area contributed by atoms with Crippen molar-refractivity contribution in [3.05, 3.63) is 90.3 Å². The van der Waals surface area contributed by atoms with Gasteiger partial charge in [0.1, 0.15) is 12.1 Å². The highest BCUT2D eigenvalue weighted by molar-refractivity contribution is 5.87. The highest BCUT2D eigenvalue weighted by Gasteiger charge is 2.39. The first kappa shape index (κ1) is 40.5. The van der Waals surface area contributed by atoms with Crippen LogP contribution in [0.15, 0.2) is 79.1 Å². The summed E-state index contributed by atoms with van der Waals surface area (Å²) < 4.78 is 9.56. The Labute approximate surface area is 301 Å². The molecule has 1 heterocycles. The van der Waals surface area contributed by atoms with Gasteiger partial charge in [0.15, 0.2) is 0 Å². The fourth-order valence-corrected chi connectivity index (χ4v) is 5.75. The van der Waals surface area contributed by atoms with E-state index in [-0.39, 0.29) is 6.42 Å². The molecule has 0 aliphatic carbocycles. The maximum absolute atomic E-state index is 13.8. The number of pyridine rings is 1. The molecule has 3 rings (SSSR count). The second-order valence-corrected chi connectivity index (χ2v) is 14.8. The Hall–Kier alpha value is -4.97. The van der Waals surface area contributed by atoms with Gasteiger partial charge in [-0.25, -0.2) is 14.7 Å². The molecule has 0 saturated carbocycles. The summed E-state index contributed by atoms with van der Waals surface area (Å²) in [4.78, 5) is 56.2. The molecule has 3 aromatic rings. The minimum Gasteiger partial charge on any atom is -0.453 e. The molecule has 0 aliphatic heterocycles. The van der Waals surface area contributed by atoms with Gasteiger partial charge in [0.2, 0.25) is 5.91 Å². The van der Waals surface area contributed by atoms with Gasteiger partial charge >= 0.3 is 12.2 Å². The summed E-state index contributed by atoms with van der Waals surface area (Å²) in [6.45, 7) is 10.9. The molecule has 0 fully saturated rings. The lowest BCUT2D eigenvalue weighted by atomic mass is 9.85. The van der Waals surface area contributed by atoms with E-state index in [0.29, 0.717) is 24.3 Å². The van der Waals surface area contributed by atoms with Gasteiger partial charge < -0.3 is 25.4 Å². The number of carbonyl (C=O) groups excluding carboxylic acids is 4. The summed E-state index contributed by atoms with van der Waals surface area (Å²) in [5.74, 6) is -1.07. The van der Waals surface area contributed by atoms with Gasteiger partial charge in [-0.2, -0.15) is 0 Å². The molecule has 276 valence electrons. The average molecular weight is 704 g/mol. The van der Waals surface area contributed by atoms with Gasteiger partial charge in [0.05, 0.1) is 20.3 Å². The molecule has 0 saturated heterocycles. The third-order valence-corrected chi connectivity index (χ3v) is 8.67. The molecule has 2 aromatic carbocycles. The standard InChI is InChI=1S/C39H53N5O7/c1-38(2,3)32(42-36(47)50-7)34(45)41-30(24-27-14-16-28(17-15-27)29-20-22-40-23-21-29)18-19-31(25-26-12-10-9-11-13-26)44(49)35(46)33(39(4,5)6)43-37(48)51-8/h9-17,20-23,30-33,49H,18-19,24-25H2,1-8H3,(H,41,45)(H,42,47)(H,43,48)/t30-,31-,32+,33+/m0/s1. The van der Waals surface area contributed by atoms with E-state index >= 15 is 0 Å². The lowest BCUT2D eigenvalue weighted by molar-refractivity contribution is -0.181. The van der Waals surface area contributed by atoms with Gasteiger partial charge in [0.25, 0.3) is 5.91 Å². The summed E-state index contributed by atoms with van der Waals surface area (Å²) in [6.07, 6.45) is 3.36. The normalized spacial score (nSPS) is 13.9. The van der Waals surface area contributed by atoms with Crippen LogP contribution in [0.3, 0.4) is 0 Å². The summed E-state index contributed by atoms with van der Waals surface area (Å²) in [5, 5.41) is 20.6. The molecule has 4 N–H and O–H groups in total. The number of benzene rings is 2. The minimum absolute atomic E-state index is 0.289. The zero-order valence-corrected chi connectivity index (χ0v) is 30.9. The molecule has 0 unspecified atom stereocenters. The number of rotatable bonds is 14. The number of ether oxygens (including phenoxy) is 2. The van der Waals surface area contributed by atoms with Crippen molar-refractivity contribution in [3.8, 4) is 11.1 Å². The van der Waals surface area contributed by atoms with Crippen LogP contribution in [0, 0.1) is 10.8 Å². The Morgan fingerprint density at radius 2 is 1.20 bits per heavy atom. The van der Waals surface area contributed by atoms with Gasteiger partial charge in [-0.3, -0.25) is 19.8 Å². The molecular weight excluding hydrogens is 650 g/mol. The Morgan fingerprint density at radius 3 is 1.73 bits per heavy atom. The van der Waals surface area contributed by atoms with Crippen LogP contribution in [0.5, 0.6) is 0 Å². The summed E-state index contributed by atoms with van der Waals surface area (Å²) in [7, 11) is 2.45. The van der Waals surface area contributed by atoms with E-state index in [9.17, 15) is 24.4 Å². The van der Waals surface area contributed by atoms with Crippen LogP contribution in [0.25, 0.3) is 11.1 Å². The number of carbonyl (C=O) groups is 4. The van der Waals surface area contributed by atoms with Gasteiger partial charge in [-0.1, -0.05) is 96.1 Å². The summed E-state index contributed by atoms with van der Waals surface area (Å²) in [6, 6.07) is 18.2. The maximum Gasteiger partial charge on any atom is 0.407 e. The first-order valence-corrected chi connectivity index (χ1v) is 17.1. The Bertz CT molecular complexity index is 1570. The summed E-state index contributed by atoms with van der Waals surface area (Å²) >= 11 is 0. The molecule has 0 aliphatic rings. The van der Waals surface area contributed by atoms with Crippen molar-refractivity contribution >= 4 is 24.0 Å². The second-order valence-electron chi connectivity index (χ2n) is 14.8. The highest BCUT2D eigenvalue weighted by atomic mass is 16.5. The van der Waals surface area contributed by atoms with Crippen molar-refractivity contribution in [2.45, 2.75) is 91.4 Å². The molecule has 4 atom stereocenters. The van der Waals surface area contributed by atoms with E-state index in [1.54, 1.807) is 33.2 Å². The van der Waals surface area contributed by atoms with Crippen molar-refractivity contribution in [2.24, 2.45) is 10.8 Å². The number of nitrogens with one attached hydrogen (secondary N) is 3. The van der Waals surface area contributed by atoms with E-state index in [1.807, 2.05) is 87.5 Å². The van der Waals surface area contributed by atoms with Crippen LogP contribution in [0.2, 0.25) is 0 Å². The molecular formula is C39H53N5O7. The highest BCUT2D eigenvalue weighted by Crippen LogP contribution is 2.26. The zero-order valence-electron chi connectivity index (χ0n) is 30.9. The van der Waals surface area contributed by atoms with Crippen molar-refractivity contribution in [3.63, 3.8) is 0 Å². The quantitative estimate of drug-likeness (QED) is 0.119. The number of hydrogen-bond acceptors (Lipinski definition) is 8. The largest absolute Gasteiger partial charge is 0.453 e. The number of nitrogens with zero attached hydrogens (tertiary/aromatic N) is 2. The van der Waals surface area contributed by atoms with E-state index < -0.39 is 59.0 Å². The van der Waals surface area contributed by atoms with E-state index in [2.05, 4.69) is 20.9 Å². The van der Waals surface area contributed by atoms with Crippen LogP contribution in [-0.4, -0.2) is 77.6 Å². The molecule has 1 aromatic heterocycles. The Morgan fingerprint density at radius 1 is 0.686 bits per heavy atom. The van der Waals surface area contributed by atoms with Gasteiger partial charge in [0, 0.05) is 18.4 Å². The lowest BCUT2D eigenvalue weighted by Crippen LogP contribution is -2.57. The molecule has 4 amide bonds. The maximum atomic E-state index is 13.8. The Balaban J connectivity index is 1.95. The van der Waals surface area contributed by atoms with Crippen LogP contribution >= 0.6 is 0 Å². The number of methoxy groups -OCH3 is 2. The lowest BCUT2D eigenvalue weighted by Gasteiger charge is -2.36. The van der Waals surface area contributed by atoms with Crippen molar-refractivity contribution in [2.75, 3.05) is 14.2 Å². The van der Waals surface area contributed by atoms with Crippen molar-refractivity contribution < 1.29 is 33.9 Å². The third-order valence-electron chi connectivity index (χ3n) is 8.67. The van der Waals surface area contributed by atoms with Crippen LogP contribution < -0.4 is 16.0 Å². The van der Waals surface area contributed by atoms with Crippen LogP contribution in [-0.2, 0) is 31.9 Å². The first-order valence-electron chi connectivity index (χ1n) is 17.1. The number of hydrogen-bond donors (Lipinski definition) is 4. The first-order chi connectivity index (χ1) is 24.0. The molecule has 12 nitrogen and oxygen atoms in total. The fourth-order valence-electron chi connectivity index (χ4n) is 5.75. The molecule has 0 radical (unpaired) electrons. The predicted octanol–water partition coefficient (Wildman–Crippen LogP) is 5.93. The molecule has 0 spiro atoms. The predicted molar refractivity (Wildman–Crippen MR) is 195 cm³/mol. The number of amides is 4. The van der Waals surface area contributed by atoms with Crippen LogP contribution in [0.1, 0.15) is 65.5 Å². The van der Waals surface area contributed by atoms with Crippen molar-refractivity contribution in [1.29, 1.82) is 0 Å². The van der Waals surface area contributed by atoms with E-state index in [1.165, 1.54) is 14.2 Å². The zero-order chi connectivity index (χ0) is 37.8. The van der Waals surface area contributed by atoms with Gasteiger partial charge in [-0.15, -0.1) is 0 Å². The minimum atomic E-state index is -1.08. The molecule has 51 heavy (non-hydrogen) atoms. The number of aromatic nitrogens is 1. The fraction of sp³-hybridized carbons (Fsp3) is 0.462. The molecule has 12 heteroatoms. The number of alkyl carbamates (subject to hydrolysis) is 2. The topological polar surface area (TPSA) is 159 Å². The van der Waals surface area contributed by atoms with E-state index in [4.69, 9.17) is 9.47 Å². The van der Waals surface area contributed by atoms with Gasteiger partial charge in [-0.05, 0) is 70.9 Å². The average Bonchev–Trinajstić information content (AvgIpc) is 3.10. The molecule has 0 bridgehead atoms. The monoisotopic (exact) mass is 703 g/mol. The third kappa shape index (κ3) is 12.4. The smallest absolute Gasteiger partial charge is 0.407 e. The van der Waals surface area contributed by atoms with Crippen molar-refractivity contribution in [1.82, 2.24) is 26.0 Å². The SMILES string of the molecule is COC(=O)N[C@H](C(=O)N[C@@H](CC[C@@H](Cc1ccccc1)N(O)C(=O)[C@@H](NC(=O)OC)C(C)(C)C)Cc1ccc(-c2ccncc2)cc1)C(C)(C)C. The van der Waals surface area contributed by atoms with Crippen LogP contribution in [0.4, 0.5) is 9.59 Å². The van der Waals surface area contributed by atoms with E-state index in [0.717, 1.165) is 22.3 Å². The summed E-state index contributed by atoms with van der Waals surface area (Å²) in [5.41, 5.74) is 2.49. The second kappa shape index (κ2) is 18.3.